The Kier molecular flexibility index (Phi) is 8.65. The van der Waals surface area contributed by atoms with Gasteiger partial charge in [0, 0.05) is 17.6 Å². The molecule has 0 saturated carbocycles. The summed E-state index contributed by atoms with van der Waals surface area (Å²) in [6, 6.07) is 12.3. The third-order valence-electron chi connectivity index (χ3n) is 5.41. The lowest BCUT2D eigenvalue weighted by atomic mass is 10.0. The Morgan fingerprint density at radius 2 is 1.94 bits per heavy atom. The third kappa shape index (κ3) is 7.18. The van der Waals surface area contributed by atoms with Crippen molar-refractivity contribution in [3.8, 4) is 5.75 Å². The number of phenolic OH excluding ortho intramolecular Hbond substituents is 1. The Labute approximate surface area is 197 Å². The van der Waals surface area contributed by atoms with E-state index in [2.05, 4.69) is 21.3 Å². The van der Waals surface area contributed by atoms with Crippen molar-refractivity contribution in [3.05, 3.63) is 59.1 Å². The molecule has 0 spiro atoms. The molecule has 7 N–H and O–H groups in total. The number of aryl methyl sites for hydroxylation is 1. The molecule has 176 valence electrons. The van der Waals surface area contributed by atoms with Crippen molar-refractivity contribution < 1.29 is 19.5 Å². The van der Waals surface area contributed by atoms with E-state index in [1.807, 2.05) is 30.3 Å². The van der Waals surface area contributed by atoms with E-state index in [9.17, 15) is 19.5 Å². The average Bonchev–Trinajstić information content (AvgIpc) is 3.28. The molecule has 0 aliphatic carbocycles. The van der Waals surface area contributed by atoms with E-state index >= 15 is 0 Å². The predicted molar refractivity (Wildman–Crippen MR) is 126 cm³/mol. The highest BCUT2D eigenvalue weighted by Gasteiger charge is 2.32. The normalized spacial score (nSPS) is 18.4. The van der Waals surface area contributed by atoms with Gasteiger partial charge in [0.15, 0.2) is 0 Å². The first kappa shape index (κ1) is 24.5. The molecule has 3 rings (SSSR count). The van der Waals surface area contributed by atoms with Gasteiger partial charge in [-0.25, -0.2) is 0 Å². The average molecular weight is 474 g/mol. The van der Waals surface area contributed by atoms with Crippen LogP contribution in [-0.2, 0) is 20.8 Å². The minimum atomic E-state index is -0.851. The summed E-state index contributed by atoms with van der Waals surface area (Å²) in [7, 11) is 0. The SMILES string of the molecule is NCC(=O)N[C@H]1CN[C@H](C(=O)N[C@H](CCc2ccccc2)C(=O)Nc2cc(Cl)ccc2O)C1. The zero-order valence-electron chi connectivity index (χ0n) is 18.0. The molecule has 33 heavy (non-hydrogen) atoms. The van der Waals surface area contributed by atoms with E-state index in [4.69, 9.17) is 17.3 Å². The van der Waals surface area contributed by atoms with Crippen LogP contribution in [0.1, 0.15) is 18.4 Å². The van der Waals surface area contributed by atoms with E-state index in [-0.39, 0.29) is 35.8 Å². The number of carbonyl (C=O) groups excluding carboxylic acids is 3. The maximum atomic E-state index is 13.0. The van der Waals surface area contributed by atoms with Crippen molar-refractivity contribution in [2.24, 2.45) is 5.73 Å². The monoisotopic (exact) mass is 473 g/mol. The van der Waals surface area contributed by atoms with E-state index in [1.165, 1.54) is 18.2 Å². The second-order valence-electron chi connectivity index (χ2n) is 7.90. The zero-order valence-corrected chi connectivity index (χ0v) is 18.8. The zero-order chi connectivity index (χ0) is 23.8. The molecule has 1 aliphatic heterocycles. The maximum absolute atomic E-state index is 13.0. The number of nitrogens with two attached hydrogens (primary N) is 1. The second kappa shape index (κ2) is 11.6. The van der Waals surface area contributed by atoms with Crippen molar-refractivity contribution in [1.82, 2.24) is 16.0 Å². The van der Waals surface area contributed by atoms with Gasteiger partial charge >= 0.3 is 0 Å². The smallest absolute Gasteiger partial charge is 0.247 e. The first-order valence-corrected chi connectivity index (χ1v) is 11.1. The molecule has 9 nitrogen and oxygen atoms in total. The molecule has 2 aromatic rings. The summed E-state index contributed by atoms with van der Waals surface area (Å²) in [5.74, 6) is -1.23. The molecule has 1 saturated heterocycles. The molecule has 0 aromatic heterocycles. The fourth-order valence-electron chi connectivity index (χ4n) is 3.66. The molecule has 1 fully saturated rings. The Morgan fingerprint density at radius 1 is 1.18 bits per heavy atom. The number of benzene rings is 2. The number of halogens is 1. The van der Waals surface area contributed by atoms with E-state index in [1.54, 1.807) is 0 Å². The lowest BCUT2D eigenvalue weighted by Crippen LogP contribution is -2.50. The number of phenols is 1. The number of hydrogen-bond donors (Lipinski definition) is 6. The largest absolute Gasteiger partial charge is 0.506 e. The molecular weight excluding hydrogens is 446 g/mol. The molecule has 1 aliphatic rings. The van der Waals surface area contributed by atoms with Crippen molar-refractivity contribution in [1.29, 1.82) is 0 Å². The molecule has 3 atom stereocenters. The highest BCUT2D eigenvalue weighted by Crippen LogP contribution is 2.26. The highest BCUT2D eigenvalue weighted by atomic mass is 35.5. The van der Waals surface area contributed by atoms with Crippen LogP contribution in [0, 0.1) is 0 Å². The van der Waals surface area contributed by atoms with Crippen molar-refractivity contribution in [3.63, 3.8) is 0 Å². The van der Waals surface area contributed by atoms with Crippen LogP contribution >= 0.6 is 11.6 Å². The summed E-state index contributed by atoms with van der Waals surface area (Å²) in [5, 5.41) is 21.7. The fraction of sp³-hybridized carbons (Fsp3) is 0.348. The van der Waals surface area contributed by atoms with Crippen LogP contribution in [0.4, 0.5) is 5.69 Å². The number of amides is 3. The Hall–Kier alpha value is -3.14. The van der Waals surface area contributed by atoms with E-state index in [0.29, 0.717) is 30.8 Å². The van der Waals surface area contributed by atoms with Crippen LogP contribution in [0.2, 0.25) is 5.02 Å². The molecule has 0 radical (unpaired) electrons. The Bertz CT molecular complexity index is 988. The molecule has 0 bridgehead atoms. The quantitative estimate of drug-likeness (QED) is 0.298. The van der Waals surface area contributed by atoms with E-state index < -0.39 is 18.0 Å². The summed E-state index contributed by atoms with van der Waals surface area (Å²) in [6.07, 6.45) is 1.30. The first-order chi connectivity index (χ1) is 15.9. The highest BCUT2D eigenvalue weighted by molar-refractivity contribution is 6.31. The number of hydrogen-bond acceptors (Lipinski definition) is 6. The predicted octanol–water partition coefficient (Wildman–Crippen LogP) is 0.907. The van der Waals surface area contributed by atoms with Crippen LogP contribution in [0.3, 0.4) is 0 Å². The van der Waals surface area contributed by atoms with Gasteiger partial charge in [-0.05, 0) is 43.0 Å². The maximum Gasteiger partial charge on any atom is 0.247 e. The van der Waals surface area contributed by atoms with Gasteiger partial charge in [0.2, 0.25) is 17.7 Å². The van der Waals surface area contributed by atoms with E-state index in [0.717, 1.165) is 5.56 Å². The van der Waals surface area contributed by atoms with Crippen LogP contribution in [0.15, 0.2) is 48.5 Å². The molecule has 0 unspecified atom stereocenters. The first-order valence-electron chi connectivity index (χ1n) is 10.7. The fourth-order valence-corrected chi connectivity index (χ4v) is 3.83. The summed E-state index contributed by atoms with van der Waals surface area (Å²) < 4.78 is 0. The number of rotatable bonds is 9. The van der Waals surface area contributed by atoms with Gasteiger partial charge in [0.25, 0.3) is 0 Å². The minimum absolute atomic E-state index is 0.120. The topological polar surface area (TPSA) is 146 Å². The van der Waals surface area contributed by atoms with Gasteiger partial charge in [-0.3, -0.25) is 14.4 Å². The van der Waals surface area contributed by atoms with Gasteiger partial charge < -0.3 is 32.1 Å². The van der Waals surface area contributed by atoms with Crippen molar-refractivity contribution in [2.45, 2.75) is 37.4 Å². The standard InChI is InChI=1S/C23H28ClN5O4/c24-15-7-9-20(30)18(10-15)29-22(32)17(8-6-14-4-2-1-3-5-14)28-23(33)19-11-16(13-26-19)27-21(31)12-25/h1-5,7,9-10,16-17,19,26,30H,6,8,11-13,25H2,(H,27,31)(H,28,33)(H,29,32)/t16-,17-,19+/m1/s1. The van der Waals surface area contributed by atoms with Crippen LogP contribution in [0.5, 0.6) is 5.75 Å². The number of anilines is 1. The summed E-state index contributed by atoms with van der Waals surface area (Å²) >= 11 is 5.97. The van der Waals surface area contributed by atoms with Crippen LogP contribution in [-0.4, -0.2) is 54.0 Å². The number of nitrogens with one attached hydrogen (secondary N) is 4. The lowest BCUT2D eigenvalue weighted by molar-refractivity contribution is -0.127. The summed E-state index contributed by atoms with van der Waals surface area (Å²) in [5.41, 5.74) is 6.51. The Balaban J connectivity index is 1.67. The van der Waals surface area contributed by atoms with Crippen molar-refractivity contribution >= 4 is 35.0 Å². The number of aromatic hydroxyl groups is 1. The molecule has 3 amide bonds. The van der Waals surface area contributed by atoms with Gasteiger partial charge in [-0.2, -0.15) is 0 Å². The van der Waals surface area contributed by atoms with Crippen molar-refractivity contribution in [2.75, 3.05) is 18.4 Å². The lowest BCUT2D eigenvalue weighted by Gasteiger charge is -2.21. The molecule has 2 aromatic carbocycles. The second-order valence-corrected chi connectivity index (χ2v) is 8.34. The molecular formula is C23H28ClN5O4. The molecule has 1 heterocycles. The van der Waals surface area contributed by atoms with Crippen LogP contribution in [0.25, 0.3) is 0 Å². The van der Waals surface area contributed by atoms with Gasteiger partial charge in [0.05, 0.1) is 18.3 Å². The molecule has 10 heteroatoms. The van der Waals surface area contributed by atoms with Crippen LogP contribution < -0.4 is 27.0 Å². The van der Waals surface area contributed by atoms with Gasteiger partial charge in [-0.15, -0.1) is 0 Å². The number of carbonyl (C=O) groups is 3. The summed E-state index contributed by atoms with van der Waals surface area (Å²) in [6.45, 7) is 0.312. The van der Waals surface area contributed by atoms with Gasteiger partial charge in [0.1, 0.15) is 11.8 Å². The third-order valence-corrected chi connectivity index (χ3v) is 5.65. The van der Waals surface area contributed by atoms with Gasteiger partial charge in [-0.1, -0.05) is 41.9 Å². The minimum Gasteiger partial charge on any atom is -0.506 e. The Morgan fingerprint density at radius 3 is 2.67 bits per heavy atom. The summed E-state index contributed by atoms with van der Waals surface area (Å²) in [4.78, 5) is 37.4.